The van der Waals surface area contributed by atoms with Crippen LogP contribution in [0.25, 0.3) is 100 Å². The lowest BCUT2D eigenvalue weighted by Crippen LogP contribution is -2.41. The Kier molecular flexibility index (Phi) is 16.8. The molecule has 6 aromatic carbocycles. The van der Waals surface area contributed by atoms with Gasteiger partial charge < -0.3 is 46.2 Å². The van der Waals surface area contributed by atoms with E-state index in [1.54, 1.807) is 66.7 Å². The Morgan fingerprint density at radius 2 is 1.00 bits per heavy atom. The number of hydrogen-bond donors (Lipinski definition) is 0. The Labute approximate surface area is 563 Å². The van der Waals surface area contributed by atoms with E-state index in [0.29, 0.717) is 95.4 Å². The van der Waals surface area contributed by atoms with Gasteiger partial charge >= 0.3 is 19.1 Å². The standard InChI is InChI=1S/C32H23F2N3O6S.C24H27BFNO7S.C14H8ClFN2O/c1-36(44(3,39)40)25-15-28-21(29(32(38)41-2)31(43-28)17-7-9-18(33)10-8-17)13-20(25)23-11-12-27-30(35-23)26-14-19-22(34)5-4-6-24(19)37(26)16-42-27;1-23(2)24(3,4)34-25(33-23)17-12-16-19(13-18(17)27(5)35(7,29)30)32-21(20(16)22(28)31-6)14-8-10-15(26)11-9-14;15-13-5-4-12-14(17-13)11-6-8-9(16)2-1-3-10(8)18(11)7-19-12/h4-15H,16H2,1-3H3;8-13H,1-7H3;1-6H,7H2. The number of carbonyl (C=O) groups is 2. The van der Waals surface area contributed by atoms with Crippen LogP contribution in [-0.2, 0) is 52.3 Å². The molecule has 12 aromatic rings. The van der Waals surface area contributed by atoms with Crippen LogP contribution in [0.1, 0.15) is 48.4 Å². The highest BCUT2D eigenvalue weighted by molar-refractivity contribution is 7.92. The highest BCUT2D eigenvalue weighted by atomic mass is 35.5. The summed E-state index contributed by atoms with van der Waals surface area (Å²) in [6, 6.07) is 37.3. The molecule has 6 aromatic heterocycles. The molecule has 9 heterocycles. The van der Waals surface area contributed by atoms with E-state index in [4.69, 9.17) is 53.7 Å². The van der Waals surface area contributed by atoms with E-state index in [1.165, 1.54) is 101 Å². The maximum Gasteiger partial charge on any atom is 0.497 e. The van der Waals surface area contributed by atoms with Gasteiger partial charge in [-0.1, -0.05) is 23.7 Å². The predicted octanol–water partition coefficient (Wildman–Crippen LogP) is 14.2. The van der Waals surface area contributed by atoms with Crippen LogP contribution in [0.15, 0.2) is 154 Å². The molecule has 0 bridgehead atoms. The molecule has 0 atom stereocenters. The van der Waals surface area contributed by atoms with E-state index in [2.05, 4.69) is 4.98 Å². The highest BCUT2D eigenvalue weighted by Gasteiger charge is 2.53. The van der Waals surface area contributed by atoms with Gasteiger partial charge in [0.05, 0.1) is 77.4 Å². The zero-order chi connectivity index (χ0) is 69.8. The quantitative estimate of drug-likeness (QED) is 0.0537. The Morgan fingerprint density at radius 3 is 1.47 bits per heavy atom. The smallest absolute Gasteiger partial charge is 0.470 e. The molecule has 15 rings (SSSR count). The zero-order valence-electron chi connectivity index (χ0n) is 54.0. The van der Waals surface area contributed by atoms with Crippen molar-refractivity contribution < 1.29 is 81.1 Å². The van der Waals surface area contributed by atoms with Crippen molar-refractivity contribution in [1.82, 2.24) is 19.1 Å². The molecule has 0 N–H and O–H groups in total. The Balaban J connectivity index is 0.000000142. The average molecular weight is 1390 g/mol. The third-order valence-electron chi connectivity index (χ3n) is 17.7. The van der Waals surface area contributed by atoms with Crippen molar-refractivity contribution in [2.75, 3.05) is 49.4 Å². The monoisotopic (exact) mass is 1390 g/mol. The number of rotatable bonds is 10. The topological polar surface area (TPSA) is 226 Å². The van der Waals surface area contributed by atoms with Crippen molar-refractivity contribution in [2.45, 2.75) is 52.4 Å². The van der Waals surface area contributed by atoms with Gasteiger partial charge in [-0.05, 0) is 149 Å². The summed E-state index contributed by atoms with van der Waals surface area (Å²) >= 11 is 5.92. The van der Waals surface area contributed by atoms with Crippen molar-refractivity contribution in [3.05, 3.63) is 185 Å². The van der Waals surface area contributed by atoms with Gasteiger partial charge in [-0.15, -0.1) is 0 Å². The number of sulfonamides is 2. The van der Waals surface area contributed by atoms with Crippen molar-refractivity contribution >= 4 is 111 Å². The van der Waals surface area contributed by atoms with Crippen LogP contribution in [0, 0.1) is 23.3 Å². The van der Waals surface area contributed by atoms with Crippen LogP contribution in [0.2, 0.25) is 5.15 Å². The third kappa shape index (κ3) is 11.8. The van der Waals surface area contributed by atoms with E-state index in [9.17, 15) is 44.0 Å². The molecule has 20 nitrogen and oxygen atoms in total. The number of furan rings is 2. The van der Waals surface area contributed by atoms with Gasteiger partial charge in [-0.25, -0.2) is 54.0 Å². The molecular formula is C70H58BClF4N6O14S2. The first-order valence-corrected chi connectivity index (χ1v) is 34.2. The summed E-state index contributed by atoms with van der Waals surface area (Å²) in [5.74, 6) is -1.44. The van der Waals surface area contributed by atoms with Crippen LogP contribution in [0.4, 0.5) is 28.9 Å². The van der Waals surface area contributed by atoms with Gasteiger partial charge in [0.2, 0.25) is 20.0 Å². The van der Waals surface area contributed by atoms with Gasteiger partial charge in [-0.3, -0.25) is 8.61 Å². The number of halogens is 5. The van der Waals surface area contributed by atoms with Crippen molar-refractivity contribution in [3.63, 3.8) is 0 Å². The Bertz CT molecular complexity index is 5490. The van der Waals surface area contributed by atoms with E-state index < -0.39 is 61.9 Å². The lowest BCUT2D eigenvalue weighted by Gasteiger charge is -2.32. The summed E-state index contributed by atoms with van der Waals surface area (Å²) in [6.45, 7) is 8.05. The van der Waals surface area contributed by atoms with Crippen molar-refractivity contribution in [2.24, 2.45) is 0 Å². The number of anilines is 2. The fourth-order valence-corrected chi connectivity index (χ4v) is 13.0. The first kappa shape index (κ1) is 66.4. The molecular weight excluding hydrogens is 1340 g/mol. The zero-order valence-corrected chi connectivity index (χ0v) is 56.3. The molecule has 502 valence electrons. The largest absolute Gasteiger partial charge is 0.497 e. The summed E-state index contributed by atoms with van der Waals surface area (Å²) in [5, 5.41) is 2.09. The first-order valence-electron chi connectivity index (χ1n) is 30.1. The van der Waals surface area contributed by atoms with Crippen LogP contribution in [0.3, 0.4) is 0 Å². The fraction of sp³-hybridized carbons (Fsp3) is 0.200. The summed E-state index contributed by atoms with van der Waals surface area (Å²) in [6.07, 6.45) is 2.14. The third-order valence-corrected chi connectivity index (χ3v) is 20.3. The second-order valence-corrected chi connectivity index (χ2v) is 28.7. The second kappa shape index (κ2) is 24.7. The van der Waals surface area contributed by atoms with Gasteiger partial charge in [0.25, 0.3) is 0 Å². The predicted molar refractivity (Wildman–Crippen MR) is 364 cm³/mol. The normalized spacial score (nSPS) is 14.3. The summed E-state index contributed by atoms with van der Waals surface area (Å²) < 4.78 is 158. The molecule has 0 saturated carbocycles. The molecule has 28 heteroatoms. The number of fused-ring (bicyclic) bond motifs is 12. The number of methoxy groups -OCH3 is 2. The number of pyridine rings is 2. The first-order chi connectivity index (χ1) is 46.4. The van der Waals surface area contributed by atoms with E-state index >= 15 is 0 Å². The Hall–Kier alpha value is -10.2. The molecule has 1 saturated heterocycles. The summed E-state index contributed by atoms with van der Waals surface area (Å²) in [4.78, 5) is 35.1. The fourth-order valence-electron chi connectivity index (χ4n) is 11.8. The maximum atomic E-state index is 14.7. The molecule has 0 spiro atoms. The average Bonchev–Trinajstić information content (AvgIpc) is 1.57. The van der Waals surface area contributed by atoms with Gasteiger partial charge in [0.15, 0.2) is 13.5 Å². The highest BCUT2D eigenvalue weighted by Crippen LogP contribution is 2.46. The molecule has 3 aliphatic rings. The number of aromatic nitrogens is 4. The number of ether oxygens (including phenoxy) is 4. The number of nitrogens with zero attached hydrogens (tertiary/aromatic N) is 6. The van der Waals surface area contributed by atoms with Crippen LogP contribution in [-0.4, -0.2) is 107 Å². The SMILES string of the molecule is COC(=O)c1c(-c2ccc(F)cc2)oc2cc(N(C)S(C)(=O)=O)c(-c3ccc4c(n3)-c3cc5c(F)cccc5n3CO4)cc12.COC(=O)c1c(-c2ccc(F)cc2)oc2cc(N(C)S(C)(=O)=O)c(B3OC(C)(C)C(C)(C)O3)cc12.Fc1cccc2c1cc1n2COc2ccc(Cl)nc2-1. The molecule has 98 heavy (non-hydrogen) atoms. The number of carbonyl (C=O) groups excluding carboxylic acids is 2. The van der Waals surface area contributed by atoms with E-state index in [1.807, 2.05) is 42.9 Å². The summed E-state index contributed by atoms with van der Waals surface area (Å²) in [7, 11) is -3.06. The molecule has 1 fully saturated rings. The van der Waals surface area contributed by atoms with Crippen LogP contribution >= 0.6 is 11.6 Å². The number of esters is 2. The molecule has 0 radical (unpaired) electrons. The molecule has 0 amide bonds. The van der Waals surface area contributed by atoms with Crippen molar-refractivity contribution in [1.29, 1.82) is 0 Å². The number of benzene rings is 6. The van der Waals surface area contributed by atoms with Crippen molar-refractivity contribution in [3.8, 4) is 68.2 Å². The lowest BCUT2D eigenvalue weighted by atomic mass is 9.77. The number of hydrogen-bond acceptors (Lipinski definition) is 16. The second-order valence-electron chi connectivity index (χ2n) is 24.3. The van der Waals surface area contributed by atoms with E-state index in [-0.39, 0.29) is 63.6 Å². The van der Waals surface area contributed by atoms with E-state index in [0.717, 1.165) is 32.3 Å². The minimum Gasteiger partial charge on any atom is -0.470 e. The molecule has 0 aliphatic carbocycles. The van der Waals surface area contributed by atoms with Crippen LogP contribution in [0.5, 0.6) is 11.5 Å². The molecule has 3 aliphatic heterocycles. The maximum absolute atomic E-state index is 14.7. The molecule has 0 unspecified atom stereocenters. The Morgan fingerprint density at radius 1 is 0.561 bits per heavy atom. The van der Waals surface area contributed by atoms with Gasteiger partial charge in [0, 0.05) is 69.9 Å². The van der Waals surface area contributed by atoms with Gasteiger partial charge in [-0.2, -0.15) is 0 Å². The van der Waals surface area contributed by atoms with Crippen LogP contribution < -0.4 is 23.5 Å². The summed E-state index contributed by atoms with van der Waals surface area (Å²) in [5.41, 5.74) is 5.77. The minimum absolute atomic E-state index is 0.0841. The van der Waals surface area contributed by atoms with Gasteiger partial charge in [0.1, 0.15) is 85.1 Å². The minimum atomic E-state index is -3.76. The lowest BCUT2D eigenvalue weighted by molar-refractivity contribution is 0.00578.